The summed E-state index contributed by atoms with van der Waals surface area (Å²) in [6.45, 7) is 0. The molecule has 9 heavy (non-hydrogen) atoms. The summed E-state index contributed by atoms with van der Waals surface area (Å²) in [5.41, 5.74) is 0. The van der Waals surface area contributed by atoms with Crippen molar-refractivity contribution in [3.8, 4) is 0 Å². The van der Waals surface area contributed by atoms with Gasteiger partial charge in [-0.25, -0.2) is 0 Å². The Balaban J connectivity index is 3.09. The molecule has 50 valence electrons. The summed E-state index contributed by atoms with van der Waals surface area (Å²) in [4.78, 5) is 0. The van der Waals surface area contributed by atoms with Crippen molar-refractivity contribution in [3.05, 3.63) is 0 Å². The third-order valence-electron chi connectivity index (χ3n) is 1.06. The van der Waals surface area contributed by atoms with Crippen LogP contribution in [-0.2, 0) is 0 Å². The minimum absolute atomic E-state index is 0.192. The summed E-state index contributed by atoms with van der Waals surface area (Å²) in [7, 11) is 6.67. The van der Waals surface area contributed by atoms with Crippen molar-refractivity contribution < 1.29 is 0 Å². The molecule has 0 heterocycles. The molecule has 4 nitrogen and oxygen atoms in total. The first-order valence-corrected chi connectivity index (χ1v) is 3.07. The molecule has 0 atom stereocenters. The third kappa shape index (κ3) is 4.53. The van der Waals surface area contributed by atoms with Crippen LogP contribution in [0.3, 0.4) is 0 Å². The Bertz CT molecular complexity index is 57.8. The molecule has 0 saturated carbocycles. The highest BCUT2D eigenvalue weighted by Crippen LogP contribution is 1.52. The smallest absolute Gasteiger partial charge is 0.372 e. The summed E-state index contributed by atoms with van der Waals surface area (Å²) in [5, 5.41) is 12.2. The fraction of sp³-hybridized carbons (Fsp3) is 1.00. The molecule has 0 aromatic rings. The second-order valence-corrected chi connectivity index (χ2v) is 1.74. The van der Waals surface area contributed by atoms with Crippen LogP contribution in [0.15, 0.2) is 0 Å². The van der Waals surface area contributed by atoms with E-state index >= 15 is 0 Å². The fourth-order valence-electron chi connectivity index (χ4n) is 0.553. The van der Waals surface area contributed by atoms with Crippen molar-refractivity contribution in [1.82, 2.24) is 20.7 Å². The maximum atomic E-state index is 3.14. The minimum Gasteiger partial charge on any atom is -0.376 e. The van der Waals surface area contributed by atoms with Crippen molar-refractivity contribution in [2.75, 3.05) is 14.1 Å². The molecule has 0 aliphatic rings. The molecule has 0 spiro atoms. The average molecular weight is 126 g/mol. The van der Waals surface area contributed by atoms with Gasteiger partial charge < -0.3 is 20.7 Å². The van der Waals surface area contributed by atoms with Gasteiger partial charge >= 0.3 is 7.12 Å². The van der Waals surface area contributed by atoms with Crippen LogP contribution in [0.2, 0.25) is 0 Å². The first-order chi connectivity index (χ1) is 4.35. The normalized spacial score (nSPS) is 9.11. The highest BCUT2D eigenvalue weighted by molar-refractivity contribution is 6.64. The molecule has 0 aliphatic heterocycles. The Morgan fingerprint density at radius 2 is 2.11 bits per heavy atom. The quantitative estimate of drug-likeness (QED) is 0.287. The monoisotopic (exact) mass is 126 g/mol. The van der Waals surface area contributed by atoms with E-state index in [9.17, 15) is 0 Å². The second kappa shape index (κ2) is 6.16. The van der Waals surface area contributed by atoms with Gasteiger partial charge in [-0.05, 0) is 14.1 Å². The van der Waals surface area contributed by atoms with Crippen LogP contribution in [0.25, 0.3) is 0 Å². The number of hydrogen-bond acceptors (Lipinski definition) is 4. The largest absolute Gasteiger partial charge is 0.376 e. The van der Waals surface area contributed by atoms with E-state index in [0.29, 0.717) is 0 Å². The lowest BCUT2D eigenvalue weighted by molar-refractivity contribution is 1.09. The molecule has 0 aromatic heterocycles. The van der Waals surface area contributed by atoms with Crippen LogP contribution < -0.4 is 20.7 Å². The molecule has 0 fully saturated rings. The van der Waals surface area contributed by atoms with Gasteiger partial charge in [-0.3, -0.25) is 0 Å². The highest BCUT2D eigenvalue weighted by atomic mass is 15.0. The van der Waals surface area contributed by atoms with E-state index in [1.807, 2.05) is 22.1 Å². The fourth-order valence-corrected chi connectivity index (χ4v) is 0.553. The van der Waals surface area contributed by atoms with Gasteiger partial charge in [-0.1, -0.05) is 0 Å². The topological polar surface area (TPSA) is 48.1 Å². The molecule has 0 radical (unpaired) electrons. The molecule has 4 N–H and O–H groups in total. The summed E-state index contributed by atoms with van der Waals surface area (Å²) in [5.74, 6) is 0. The maximum absolute atomic E-state index is 3.14. The van der Waals surface area contributed by atoms with Crippen molar-refractivity contribution in [2.45, 2.75) is 0 Å². The van der Waals surface area contributed by atoms with E-state index < -0.39 is 0 Å². The molecular formula is C2H13B3N4. The van der Waals surface area contributed by atoms with E-state index in [4.69, 9.17) is 0 Å². The van der Waals surface area contributed by atoms with E-state index in [-0.39, 0.29) is 7.12 Å². The lowest BCUT2D eigenvalue weighted by atomic mass is 9.85. The molecule has 0 unspecified atom stereocenters. The van der Waals surface area contributed by atoms with Crippen LogP contribution >= 0.6 is 0 Å². The predicted molar refractivity (Wildman–Crippen MR) is 45.8 cm³/mol. The van der Waals surface area contributed by atoms with E-state index in [1.165, 1.54) is 0 Å². The van der Waals surface area contributed by atoms with E-state index in [0.717, 1.165) is 7.55 Å². The lowest BCUT2D eigenvalue weighted by Gasteiger charge is -2.09. The Hall–Kier alpha value is 0.0348. The summed E-state index contributed by atoms with van der Waals surface area (Å²) < 4.78 is 0. The van der Waals surface area contributed by atoms with Crippen molar-refractivity contribution in [2.24, 2.45) is 0 Å². The van der Waals surface area contributed by atoms with Crippen molar-refractivity contribution >= 4 is 22.6 Å². The molecule has 0 rings (SSSR count). The first-order valence-electron chi connectivity index (χ1n) is 3.07. The minimum atomic E-state index is 0.192. The van der Waals surface area contributed by atoms with Gasteiger partial charge in [0.15, 0.2) is 7.98 Å². The van der Waals surface area contributed by atoms with Crippen LogP contribution in [-0.4, -0.2) is 36.7 Å². The number of nitrogens with one attached hydrogen (secondary N) is 4. The lowest BCUT2D eigenvalue weighted by Crippen LogP contribution is -2.59. The highest BCUT2D eigenvalue weighted by Gasteiger charge is 2.05. The molecule has 7 heteroatoms. The summed E-state index contributed by atoms with van der Waals surface area (Å²) >= 11 is 0. The molecular weight excluding hydrogens is 112 g/mol. The summed E-state index contributed by atoms with van der Waals surface area (Å²) in [6, 6.07) is 0. The van der Waals surface area contributed by atoms with Crippen LogP contribution in [0.5, 0.6) is 0 Å². The first kappa shape index (κ1) is 9.03. The zero-order valence-corrected chi connectivity index (χ0v) is 6.28. The van der Waals surface area contributed by atoms with Gasteiger partial charge in [0.25, 0.3) is 7.55 Å². The van der Waals surface area contributed by atoms with Crippen LogP contribution in [0.4, 0.5) is 0 Å². The average Bonchev–Trinajstić information content (AvgIpc) is 1.91. The van der Waals surface area contributed by atoms with Gasteiger partial charge in [-0.15, -0.1) is 0 Å². The van der Waals surface area contributed by atoms with Crippen molar-refractivity contribution in [1.29, 1.82) is 0 Å². The van der Waals surface area contributed by atoms with Gasteiger partial charge in [0, 0.05) is 0 Å². The standard InChI is InChI=1S/C2H13B3N4/c1-6-4-9-5(7-2)8-3/h4,6-9H,3H2,1-2H3. The van der Waals surface area contributed by atoms with E-state index in [1.54, 1.807) is 0 Å². The van der Waals surface area contributed by atoms with Gasteiger partial charge in [-0.2, -0.15) is 0 Å². The van der Waals surface area contributed by atoms with Gasteiger partial charge in [0.05, 0.1) is 0 Å². The number of rotatable bonds is 5. The Kier molecular flexibility index (Phi) is 6.18. The van der Waals surface area contributed by atoms with Gasteiger partial charge in [0.2, 0.25) is 0 Å². The molecule has 0 bridgehead atoms. The molecule has 0 saturated heterocycles. The molecule has 0 aliphatic carbocycles. The molecule has 0 aromatic carbocycles. The molecule has 0 amide bonds. The number of hydrogen-bond donors (Lipinski definition) is 4. The zero-order valence-electron chi connectivity index (χ0n) is 6.28. The Labute approximate surface area is 58.4 Å². The maximum Gasteiger partial charge on any atom is 0.372 e. The van der Waals surface area contributed by atoms with Crippen LogP contribution in [0, 0.1) is 0 Å². The SMILES string of the molecule is BNB(NC)NBNC. The second-order valence-electron chi connectivity index (χ2n) is 1.74. The zero-order chi connectivity index (χ0) is 7.11. The predicted octanol–water partition coefficient (Wildman–Crippen LogP) is -3.60. The van der Waals surface area contributed by atoms with E-state index in [2.05, 4.69) is 20.7 Å². The van der Waals surface area contributed by atoms with Crippen LogP contribution in [0.1, 0.15) is 0 Å². The Morgan fingerprint density at radius 1 is 1.44 bits per heavy atom. The third-order valence-corrected chi connectivity index (χ3v) is 1.06. The van der Waals surface area contributed by atoms with Gasteiger partial charge in [0.1, 0.15) is 0 Å². The summed E-state index contributed by atoms with van der Waals surface area (Å²) in [6.07, 6.45) is 0. The Morgan fingerprint density at radius 3 is 2.44 bits per heavy atom. The van der Waals surface area contributed by atoms with Crippen molar-refractivity contribution in [3.63, 3.8) is 0 Å².